The molecule has 134 valence electrons. The number of ether oxygens (including phenoxy) is 1. The van der Waals surface area contributed by atoms with E-state index in [1.807, 2.05) is 6.92 Å². The van der Waals surface area contributed by atoms with E-state index in [9.17, 15) is 13.2 Å². The zero-order valence-corrected chi connectivity index (χ0v) is 14.8. The number of anilines is 1. The van der Waals surface area contributed by atoms with Gasteiger partial charge in [0.05, 0.1) is 11.5 Å². The van der Waals surface area contributed by atoms with Gasteiger partial charge in [-0.2, -0.15) is 0 Å². The number of hydrogen-bond donors (Lipinski definition) is 1. The Morgan fingerprint density at radius 2 is 1.69 bits per heavy atom. The van der Waals surface area contributed by atoms with Crippen LogP contribution in [-0.2, 0) is 10.0 Å². The van der Waals surface area contributed by atoms with Crippen LogP contribution in [0.25, 0.3) is 11.3 Å². The molecule has 0 saturated carbocycles. The van der Waals surface area contributed by atoms with Crippen LogP contribution in [0.5, 0.6) is 5.75 Å². The van der Waals surface area contributed by atoms with Crippen molar-refractivity contribution in [1.82, 2.24) is 0 Å². The largest absolute Gasteiger partial charge is 0.494 e. The Balaban J connectivity index is 1.77. The first-order valence-corrected chi connectivity index (χ1v) is 9.41. The van der Waals surface area contributed by atoms with Gasteiger partial charge >= 0.3 is 0 Å². The molecule has 1 heterocycles. The summed E-state index contributed by atoms with van der Waals surface area (Å²) in [5, 5.41) is 0. The molecule has 0 aliphatic heterocycles. The van der Waals surface area contributed by atoms with Crippen LogP contribution in [-0.4, -0.2) is 21.3 Å². The highest BCUT2D eigenvalue weighted by Gasteiger charge is 2.15. The number of furan rings is 1. The molecule has 3 rings (SSSR count). The lowest BCUT2D eigenvalue weighted by molar-refractivity contribution is 0.110. The number of nitrogens with one attached hydrogen (secondary N) is 1. The molecular weight excluding hydrogens is 354 g/mol. The van der Waals surface area contributed by atoms with Gasteiger partial charge in [0.1, 0.15) is 11.5 Å². The third-order valence-corrected chi connectivity index (χ3v) is 5.01. The minimum atomic E-state index is -3.71. The molecule has 0 bridgehead atoms. The molecule has 26 heavy (non-hydrogen) atoms. The van der Waals surface area contributed by atoms with E-state index in [1.165, 1.54) is 12.1 Å². The summed E-state index contributed by atoms with van der Waals surface area (Å²) in [6.07, 6.45) is 0.614. The van der Waals surface area contributed by atoms with E-state index in [1.54, 1.807) is 48.5 Å². The lowest BCUT2D eigenvalue weighted by Crippen LogP contribution is -2.12. The first kappa shape index (κ1) is 17.8. The van der Waals surface area contributed by atoms with E-state index in [2.05, 4.69) is 4.72 Å². The number of carbonyl (C=O) groups is 1. The number of benzene rings is 2. The number of rotatable bonds is 7. The molecular formula is C19H17NO5S. The maximum atomic E-state index is 12.5. The maximum Gasteiger partial charge on any atom is 0.261 e. The molecule has 0 aliphatic carbocycles. The Morgan fingerprint density at radius 3 is 2.27 bits per heavy atom. The van der Waals surface area contributed by atoms with Crippen LogP contribution in [0, 0.1) is 0 Å². The lowest BCUT2D eigenvalue weighted by Gasteiger charge is -2.09. The molecule has 0 unspecified atom stereocenters. The average Bonchev–Trinajstić information content (AvgIpc) is 3.13. The standard InChI is InChI=1S/C19H17NO5S/c1-2-24-16-7-5-15(6-8-16)20-26(22,23)18-10-3-14(4-11-18)19-12-9-17(13-21)25-19/h3-13,20H,2H2,1H3. The van der Waals surface area contributed by atoms with Crippen molar-refractivity contribution in [3.05, 3.63) is 66.4 Å². The van der Waals surface area contributed by atoms with Crippen LogP contribution in [0.3, 0.4) is 0 Å². The third-order valence-electron chi connectivity index (χ3n) is 3.61. The average molecular weight is 371 g/mol. The fraction of sp³-hybridized carbons (Fsp3) is 0.105. The fourth-order valence-electron chi connectivity index (χ4n) is 2.37. The molecule has 0 radical (unpaired) electrons. The van der Waals surface area contributed by atoms with Gasteiger partial charge in [0.25, 0.3) is 10.0 Å². The summed E-state index contributed by atoms with van der Waals surface area (Å²) < 4.78 is 38.2. The molecule has 1 N–H and O–H groups in total. The van der Waals surface area contributed by atoms with Crippen LogP contribution < -0.4 is 9.46 Å². The van der Waals surface area contributed by atoms with Crippen molar-refractivity contribution in [3.8, 4) is 17.1 Å². The van der Waals surface area contributed by atoms with Gasteiger partial charge in [-0.25, -0.2) is 8.42 Å². The van der Waals surface area contributed by atoms with Crippen LogP contribution in [0.1, 0.15) is 17.5 Å². The minimum Gasteiger partial charge on any atom is -0.494 e. The van der Waals surface area contributed by atoms with E-state index in [-0.39, 0.29) is 10.7 Å². The Labute approximate surface area is 151 Å². The van der Waals surface area contributed by atoms with Crippen LogP contribution >= 0.6 is 0 Å². The smallest absolute Gasteiger partial charge is 0.261 e. The summed E-state index contributed by atoms with van der Waals surface area (Å²) in [7, 11) is -3.71. The molecule has 1 aromatic heterocycles. The molecule has 0 amide bonds. The molecule has 6 nitrogen and oxygen atoms in total. The van der Waals surface area contributed by atoms with E-state index in [0.717, 1.165) is 0 Å². The van der Waals surface area contributed by atoms with Gasteiger partial charge in [-0.15, -0.1) is 0 Å². The normalized spacial score (nSPS) is 11.1. The van der Waals surface area contributed by atoms with Gasteiger partial charge in [0.2, 0.25) is 0 Å². The molecule has 3 aromatic rings. The lowest BCUT2D eigenvalue weighted by atomic mass is 10.2. The van der Waals surface area contributed by atoms with Crippen molar-refractivity contribution in [2.75, 3.05) is 11.3 Å². The summed E-state index contributed by atoms with van der Waals surface area (Å²) in [5.74, 6) is 1.39. The fourth-order valence-corrected chi connectivity index (χ4v) is 3.43. The van der Waals surface area contributed by atoms with E-state index in [4.69, 9.17) is 9.15 Å². The maximum absolute atomic E-state index is 12.5. The second kappa shape index (κ2) is 7.45. The Bertz CT molecular complexity index is 989. The number of aldehydes is 1. The van der Waals surface area contributed by atoms with E-state index < -0.39 is 10.0 Å². The predicted molar refractivity (Wildman–Crippen MR) is 98.0 cm³/mol. The first-order valence-electron chi connectivity index (χ1n) is 7.93. The SMILES string of the molecule is CCOc1ccc(NS(=O)(=O)c2ccc(-c3ccc(C=O)o3)cc2)cc1. The van der Waals surface area contributed by atoms with Gasteiger partial charge in [0, 0.05) is 11.3 Å². The third kappa shape index (κ3) is 3.94. The number of carbonyl (C=O) groups excluding carboxylic acids is 1. The predicted octanol–water partition coefficient (Wildman–Crippen LogP) is 3.96. The van der Waals surface area contributed by atoms with Crippen molar-refractivity contribution in [2.45, 2.75) is 11.8 Å². The molecule has 7 heteroatoms. The van der Waals surface area contributed by atoms with Crippen LogP contribution in [0.2, 0.25) is 0 Å². The van der Waals surface area contributed by atoms with Crippen molar-refractivity contribution in [3.63, 3.8) is 0 Å². The van der Waals surface area contributed by atoms with Gasteiger partial charge in [-0.05, 0) is 67.6 Å². The summed E-state index contributed by atoms with van der Waals surface area (Å²) in [5.41, 5.74) is 1.12. The number of hydrogen-bond acceptors (Lipinski definition) is 5. The van der Waals surface area contributed by atoms with Crippen LogP contribution in [0.4, 0.5) is 5.69 Å². The highest BCUT2D eigenvalue weighted by Crippen LogP contribution is 2.24. The Morgan fingerprint density at radius 1 is 1.00 bits per heavy atom. The van der Waals surface area contributed by atoms with Crippen molar-refractivity contribution < 1.29 is 22.4 Å². The quantitative estimate of drug-likeness (QED) is 0.636. The van der Waals surface area contributed by atoms with E-state index >= 15 is 0 Å². The zero-order valence-electron chi connectivity index (χ0n) is 14.0. The molecule has 0 atom stereocenters. The van der Waals surface area contributed by atoms with Gasteiger partial charge < -0.3 is 9.15 Å². The zero-order chi connectivity index (χ0) is 18.6. The monoisotopic (exact) mass is 371 g/mol. The summed E-state index contributed by atoms with van der Waals surface area (Å²) >= 11 is 0. The van der Waals surface area contributed by atoms with Crippen molar-refractivity contribution >= 4 is 22.0 Å². The molecule has 0 aliphatic rings. The van der Waals surface area contributed by atoms with Crippen molar-refractivity contribution in [1.29, 1.82) is 0 Å². The topological polar surface area (TPSA) is 85.6 Å². The minimum absolute atomic E-state index is 0.123. The summed E-state index contributed by atoms with van der Waals surface area (Å²) in [6, 6.07) is 16.1. The van der Waals surface area contributed by atoms with Gasteiger partial charge in [-0.1, -0.05) is 0 Å². The van der Waals surface area contributed by atoms with E-state index in [0.29, 0.717) is 35.7 Å². The van der Waals surface area contributed by atoms with Gasteiger partial charge in [-0.3, -0.25) is 9.52 Å². The second-order valence-corrected chi connectivity index (χ2v) is 7.09. The summed E-state index contributed by atoms with van der Waals surface area (Å²) in [4.78, 5) is 10.8. The summed E-state index contributed by atoms with van der Waals surface area (Å²) in [6.45, 7) is 2.42. The highest BCUT2D eigenvalue weighted by molar-refractivity contribution is 7.92. The number of sulfonamides is 1. The second-order valence-electron chi connectivity index (χ2n) is 5.41. The molecule has 0 saturated heterocycles. The molecule has 2 aromatic carbocycles. The first-order chi connectivity index (χ1) is 12.5. The Kier molecular flexibility index (Phi) is 5.09. The molecule has 0 fully saturated rings. The molecule has 0 spiro atoms. The van der Waals surface area contributed by atoms with Crippen LogP contribution in [0.15, 0.2) is 70.0 Å². The Hall–Kier alpha value is -3.06. The van der Waals surface area contributed by atoms with Crippen molar-refractivity contribution in [2.24, 2.45) is 0 Å². The highest BCUT2D eigenvalue weighted by atomic mass is 32.2. The van der Waals surface area contributed by atoms with Gasteiger partial charge in [0.15, 0.2) is 12.0 Å².